The highest BCUT2D eigenvalue weighted by molar-refractivity contribution is 9.10. The Hall–Kier alpha value is -2.98. The molecule has 0 radical (unpaired) electrons. The normalized spacial score (nSPS) is 11.6. The van der Waals surface area contributed by atoms with Gasteiger partial charge in [0.2, 0.25) is 0 Å². The Bertz CT molecular complexity index is 1150. The minimum absolute atomic E-state index is 0.0468. The van der Waals surface area contributed by atoms with E-state index in [2.05, 4.69) is 25.9 Å². The molecule has 0 saturated carbocycles. The Balaban J connectivity index is 1.74. The Morgan fingerprint density at radius 3 is 2.50 bits per heavy atom. The van der Waals surface area contributed by atoms with Crippen LogP contribution in [0.4, 0.5) is 5.69 Å². The van der Waals surface area contributed by atoms with E-state index in [0.717, 1.165) is 5.56 Å². The van der Waals surface area contributed by atoms with Gasteiger partial charge in [0.25, 0.3) is 15.7 Å². The Kier molecular flexibility index (Phi) is 5.61. The van der Waals surface area contributed by atoms with Gasteiger partial charge in [0, 0.05) is 22.2 Å². The lowest BCUT2D eigenvalue weighted by Crippen LogP contribution is -2.18. The van der Waals surface area contributed by atoms with Crippen molar-refractivity contribution in [2.24, 2.45) is 5.10 Å². The Morgan fingerprint density at radius 1 is 1.14 bits per heavy atom. The summed E-state index contributed by atoms with van der Waals surface area (Å²) in [5, 5.41) is 14.5. The Morgan fingerprint density at radius 2 is 1.86 bits per heavy atom. The maximum Gasteiger partial charge on any atom is 0.276 e. The van der Waals surface area contributed by atoms with Crippen LogP contribution in [0.15, 0.2) is 73.5 Å². The smallest absolute Gasteiger partial charge is 0.276 e. The molecule has 0 amide bonds. The second kappa shape index (κ2) is 7.95. The van der Waals surface area contributed by atoms with Crippen molar-refractivity contribution in [2.45, 2.75) is 11.8 Å². The van der Waals surface area contributed by atoms with E-state index in [1.165, 1.54) is 30.5 Å². The number of benzene rings is 2. The largest absolute Gasteiger partial charge is 0.455 e. The van der Waals surface area contributed by atoms with Gasteiger partial charge in [-0.3, -0.25) is 10.1 Å². The molecule has 1 aromatic heterocycles. The van der Waals surface area contributed by atoms with Gasteiger partial charge in [-0.25, -0.2) is 0 Å². The lowest BCUT2D eigenvalue weighted by molar-refractivity contribution is -0.384. The molecule has 0 fully saturated rings. The van der Waals surface area contributed by atoms with Crippen LogP contribution in [0.5, 0.6) is 0 Å². The van der Waals surface area contributed by atoms with Crippen molar-refractivity contribution >= 4 is 37.9 Å². The third-order valence-electron chi connectivity index (χ3n) is 3.75. The Labute approximate surface area is 169 Å². The van der Waals surface area contributed by atoms with Crippen molar-refractivity contribution in [1.29, 1.82) is 0 Å². The number of rotatable bonds is 6. The van der Waals surface area contributed by atoms with Gasteiger partial charge in [-0.1, -0.05) is 17.7 Å². The van der Waals surface area contributed by atoms with E-state index in [-0.39, 0.29) is 10.6 Å². The maximum atomic E-state index is 12.2. The number of hydrogen-bond acceptors (Lipinski definition) is 6. The van der Waals surface area contributed by atoms with E-state index in [1.54, 1.807) is 30.3 Å². The van der Waals surface area contributed by atoms with Gasteiger partial charge in [0.05, 0.1) is 16.0 Å². The number of nitrogens with one attached hydrogen (secondary N) is 1. The predicted octanol–water partition coefficient (Wildman–Crippen LogP) is 4.24. The summed E-state index contributed by atoms with van der Waals surface area (Å²) in [6.07, 6.45) is 1.23. The molecule has 0 spiro atoms. The van der Waals surface area contributed by atoms with Crippen LogP contribution in [0.2, 0.25) is 0 Å². The van der Waals surface area contributed by atoms with Crippen LogP contribution >= 0.6 is 15.9 Å². The summed E-state index contributed by atoms with van der Waals surface area (Å²) < 4.78 is 30.5. The molecule has 144 valence electrons. The molecule has 3 aromatic rings. The standard InChI is InChI=1S/C18H14BrN3O5S/c1-12-2-6-15(7-3-12)28(25,26)21-20-11-14-5-9-18(27-14)16-8-4-13(22(23)24)10-17(16)19/h2-11,21H,1H3/b20-11+. The lowest BCUT2D eigenvalue weighted by Gasteiger charge is -2.03. The molecule has 28 heavy (non-hydrogen) atoms. The fourth-order valence-corrected chi connectivity index (χ4v) is 3.67. The number of aryl methyl sites for hydroxylation is 1. The van der Waals surface area contributed by atoms with E-state index in [0.29, 0.717) is 21.6 Å². The summed E-state index contributed by atoms with van der Waals surface area (Å²) in [5.41, 5.74) is 1.52. The van der Waals surface area contributed by atoms with Gasteiger partial charge in [-0.05, 0) is 53.2 Å². The topological polar surface area (TPSA) is 115 Å². The number of hydrogen-bond donors (Lipinski definition) is 1. The van der Waals surface area contributed by atoms with Crippen molar-refractivity contribution in [3.63, 3.8) is 0 Å². The number of nitro groups is 1. The van der Waals surface area contributed by atoms with Gasteiger partial charge < -0.3 is 4.42 Å². The summed E-state index contributed by atoms with van der Waals surface area (Å²) in [6.45, 7) is 1.86. The average Bonchev–Trinajstić information content (AvgIpc) is 3.10. The van der Waals surface area contributed by atoms with Gasteiger partial charge >= 0.3 is 0 Å². The second-order valence-corrected chi connectivity index (χ2v) is 8.30. The molecule has 1 N–H and O–H groups in total. The van der Waals surface area contributed by atoms with E-state index in [9.17, 15) is 18.5 Å². The predicted molar refractivity (Wildman–Crippen MR) is 108 cm³/mol. The monoisotopic (exact) mass is 463 g/mol. The zero-order valence-electron chi connectivity index (χ0n) is 14.5. The molecule has 0 aliphatic heterocycles. The van der Waals surface area contributed by atoms with Gasteiger partial charge in [-0.2, -0.15) is 18.4 Å². The first-order chi connectivity index (χ1) is 13.3. The summed E-state index contributed by atoms with van der Waals surface area (Å²) in [7, 11) is -3.77. The molecule has 10 heteroatoms. The molecule has 3 rings (SSSR count). The molecule has 0 aliphatic rings. The SMILES string of the molecule is Cc1ccc(S(=O)(=O)N/N=C/c2ccc(-c3ccc([N+](=O)[O-])cc3Br)o2)cc1. The van der Waals surface area contributed by atoms with Gasteiger partial charge in [0.1, 0.15) is 11.5 Å². The first kappa shape index (κ1) is 19.8. The first-order valence-electron chi connectivity index (χ1n) is 7.92. The summed E-state index contributed by atoms with van der Waals surface area (Å²) in [5.74, 6) is 0.761. The summed E-state index contributed by atoms with van der Waals surface area (Å²) in [6, 6.07) is 13.9. The third-order valence-corrected chi connectivity index (χ3v) is 5.65. The van der Waals surface area contributed by atoms with Gasteiger partial charge in [0.15, 0.2) is 0 Å². The van der Waals surface area contributed by atoms with Crippen LogP contribution in [-0.4, -0.2) is 19.6 Å². The molecule has 0 aliphatic carbocycles. The minimum atomic E-state index is -3.77. The van der Waals surface area contributed by atoms with E-state index >= 15 is 0 Å². The third kappa shape index (κ3) is 4.46. The van der Waals surface area contributed by atoms with Crippen LogP contribution in [-0.2, 0) is 10.0 Å². The lowest BCUT2D eigenvalue weighted by atomic mass is 10.1. The van der Waals surface area contributed by atoms with Crippen LogP contribution in [0.3, 0.4) is 0 Å². The number of nitro benzene ring substituents is 1. The van der Waals surface area contributed by atoms with Gasteiger partial charge in [-0.15, -0.1) is 0 Å². The maximum absolute atomic E-state index is 12.2. The number of nitrogens with zero attached hydrogens (tertiary/aromatic N) is 2. The molecule has 8 nitrogen and oxygen atoms in total. The highest BCUT2D eigenvalue weighted by atomic mass is 79.9. The highest BCUT2D eigenvalue weighted by Gasteiger charge is 2.14. The fraction of sp³-hybridized carbons (Fsp3) is 0.0556. The molecule has 0 bridgehead atoms. The van der Waals surface area contributed by atoms with Crippen LogP contribution in [0, 0.1) is 17.0 Å². The average molecular weight is 464 g/mol. The number of furan rings is 1. The van der Waals surface area contributed by atoms with Crippen LogP contribution < -0.4 is 4.83 Å². The summed E-state index contributed by atoms with van der Waals surface area (Å²) >= 11 is 3.28. The molecule has 1 heterocycles. The molecule has 2 aromatic carbocycles. The van der Waals surface area contributed by atoms with Crippen molar-refractivity contribution in [1.82, 2.24) is 4.83 Å². The molecular weight excluding hydrogens is 450 g/mol. The van der Waals surface area contributed by atoms with Crippen LogP contribution in [0.1, 0.15) is 11.3 Å². The first-order valence-corrected chi connectivity index (χ1v) is 10.2. The van der Waals surface area contributed by atoms with Crippen molar-refractivity contribution in [2.75, 3.05) is 0 Å². The number of sulfonamides is 1. The van der Waals surface area contributed by atoms with E-state index < -0.39 is 14.9 Å². The molecule has 0 unspecified atom stereocenters. The fourth-order valence-electron chi connectivity index (χ4n) is 2.31. The summed E-state index contributed by atoms with van der Waals surface area (Å²) in [4.78, 5) is 12.5. The zero-order chi connectivity index (χ0) is 20.3. The number of non-ortho nitro benzene ring substituents is 1. The van der Waals surface area contributed by atoms with Crippen molar-refractivity contribution in [3.8, 4) is 11.3 Å². The van der Waals surface area contributed by atoms with Crippen molar-refractivity contribution in [3.05, 3.63) is 80.5 Å². The second-order valence-electron chi connectivity index (χ2n) is 5.79. The van der Waals surface area contributed by atoms with E-state index in [1.807, 2.05) is 6.92 Å². The minimum Gasteiger partial charge on any atom is -0.455 e. The molecule has 0 atom stereocenters. The van der Waals surface area contributed by atoms with E-state index in [4.69, 9.17) is 4.42 Å². The molecular formula is C18H14BrN3O5S. The number of halogens is 1. The molecule has 0 saturated heterocycles. The highest BCUT2D eigenvalue weighted by Crippen LogP contribution is 2.32. The van der Waals surface area contributed by atoms with Crippen molar-refractivity contribution < 1.29 is 17.8 Å². The number of hydrazone groups is 1. The van der Waals surface area contributed by atoms with Crippen LogP contribution in [0.25, 0.3) is 11.3 Å². The zero-order valence-corrected chi connectivity index (χ0v) is 16.9. The quantitative estimate of drug-likeness (QED) is 0.333.